The van der Waals surface area contributed by atoms with Crippen LogP contribution in [-0.2, 0) is 9.53 Å². The summed E-state index contributed by atoms with van der Waals surface area (Å²) in [5, 5.41) is 11.5. The molecule has 3 heterocycles. The van der Waals surface area contributed by atoms with E-state index >= 15 is 0 Å². The van der Waals surface area contributed by atoms with Crippen molar-refractivity contribution in [2.24, 2.45) is 0 Å². The van der Waals surface area contributed by atoms with E-state index in [1.807, 2.05) is 0 Å². The molecule has 1 aromatic heterocycles. The van der Waals surface area contributed by atoms with E-state index in [1.54, 1.807) is 26.0 Å². The van der Waals surface area contributed by atoms with Gasteiger partial charge in [0.2, 0.25) is 5.78 Å². The number of nitrogens with zero attached hydrogens (tertiary/aromatic N) is 3. The Morgan fingerprint density at radius 1 is 1.23 bits per heavy atom. The number of Topliss-reactive ketones (excluding diaryl/α,β-unsaturated/α-hetero) is 1. The number of morpholine rings is 1. The minimum Gasteiger partial charge on any atom is -0.503 e. The third-order valence-electron chi connectivity index (χ3n) is 5.60. The maximum atomic E-state index is 13.6. The third kappa shape index (κ3) is 4.26. The summed E-state index contributed by atoms with van der Waals surface area (Å²) >= 11 is 1.23. The summed E-state index contributed by atoms with van der Waals surface area (Å²) in [6, 6.07) is 4.89. The number of amides is 1. The number of ether oxygens (including phenoxy) is 1. The van der Waals surface area contributed by atoms with Gasteiger partial charge in [-0.1, -0.05) is 12.1 Å². The highest BCUT2D eigenvalue weighted by atomic mass is 32.1. The van der Waals surface area contributed by atoms with Gasteiger partial charge >= 0.3 is 0 Å². The second-order valence-corrected chi connectivity index (χ2v) is 8.85. The van der Waals surface area contributed by atoms with E-state index < -0.39 is 29.3 Å². The zero-order valence-corrected chi connectivity index (χ0v) is 18.2. The number of aryl methyl sites for hydroxylation is 2. The molecule has 4 rings (SSSR count). The molecule has 2 aliphatic heterocycles. The van der Waals surface area contributed by atoms with Crippen LogP contribution in [0.15, 0.2) is 35.6 Å². The first-order valence-corrected chi connectivity index (χ1v) is 11.0. The van der Waals surface area contributed by atoms with E-state index in [2.05, 4.69) is 9.88 Å². The lowest BCUT2D eigenvalue weighted by atomic mass is 9.95. The maximum Gasteiger partial charge on any atom is 0.290 e. The molecule has 1 atom stereocenters. The quantitative estimate of drug-likeness (QED) is 0.689. The summed E-state index contributed by atoms with van der Waals surface area (Å²) in [5.74, 6) is -1.98. The number of carbonyl (C=O) groups excluding carboxylic acids is 2. The molecule has 2 aliphatic rings. The Bertz CT molecular complexity index is 1030. The predicted molar refractivity (Wildman–Crippen MR) is 114 cm³/mol. The second-order valence-electron chi connectivity index (χ2n) is 7.65. The van der Waals surface area contributed by atoms with Crippen LogP contribution in [-0.4, -0.2) is 71.0 Å². The number of carbonyl (C=O) groups is 2. The van der Waals surface area contributed by atoms with E-state index in [0.29, 0.717) is 42.4 Å². The lowest BCUT2D eigenvalue weighted by molar-refractivity contribution is -0.129. The molecule has 1 amide bonds. The van der Waals surface area contributed by atoms with Gasteiger partial charge in [0.15, 0.2) is 5.76 Å². The Kier molecular flexibility index (Phi) is 6.17. The van der Waals surface area contributed by atoms with Crippen LogP contribution in [0.2, 0.25) is 0 Å². The zero-order valence-electron chi connectivity index (χ0n) is 17.4. The summed E-state index contributed by atoms with van der Waals surface area (Å²) in [4.78, 5) is 34.8. The number of ketones is 1. The first kappa shape index (κ1) is 21.6. The summed E-state index contributed by atoms with van der Waals surface area (Å²) < 4.78 is 18.9. The number of aliphatic hydroxyl groups is 1. The molecule has 0 unspecified atom stereocenters. The monoisotopic (exact) mass is 445 g/mol. The van der Waals surface area contributed by atoms with Crippen LogP contribution >= 0.6 is 11.3 Å². The fourth-order valence-electron chi connectivity index (χ4n) is 4.05. The smallest absolute Gasteiger partial charge is 0.290 e. The standard InChI is InChI=1S/C22H24FN3O4S/c1-13-21(31-14(2)24-13)19(27)17-18(15-3-5-16(23)6-4-15)26(22(29)20(17)28)8-7-25-9-11-30-12-10-25/h3-6,18,28H,7-12H2,1-2H3/t18-/m0/s1. The van der Waals surface area contributed by atoms with Gasteiger partial charge in [-0.25, -0.2) is 9.37 Å². The largest absolute Gasteiger partial charge is 0.503 e. The van der Waals surface area contributed by atoms with Crippen molar-refractivity contribution in [1.82, 2.24) is 14.8 Å². The molecule has 1 saturated heterocycles. The lowest BCUT2D eigenvalue weighted by Crippen LogP contribution is -2.43. The molecule has 0 aliphatic carbocycles. The van der Waals surface area contributed by atoms with Gasteiger partial charge in [-0.3, -0.25) is 14.5 Å². The Balaban J connectivity index is 1.69. The fourth-order valence-corrected chi connectivity index (χ4v) is 4.92. The molecule has 164 valence electrons. The van der Waals surface area contributed by atoms with Crippen molar-refractivity contribution in [2.45, 2.75) is 19.9 Å². The summed E-state index contributed by atoms with van der Waals surface area (Å²) in [6.07, 6.45) is 0. The molecular formula is C22H24FN3O4S. The molecule has 31 heavy (non-hydrogen) atoms. The van der Waals surface area contributed by atoms with E-state index in [4.69, 9.17) is 4.74 Å². The van der Waals surface area contributed by atoms with E-state index in [-0.39, 0.29) is 5.57 Å². The van der Waals surface area contributed by atoms with Crippen LogP contribution in [0.3, 0.4) is 0 Å². The number of thiazole rings is 1. The molecule has 7 nitrogen and oxygen atoms in total. The summed E-state index contributed by atoms with van der Waals surface area (Å²) in [5.41, 5.74) is 1.15. The van der Waals surface area contributed by atoms with Crippen LogP contribution in [0, 0.1) is 19.7 Å². The molecule has 0 saturated carbocycles. The molecule has 1 aromatic carbocycles. The molecule has 1 fully saturated rings. The van der Waals surface area contributed by atoms with Gasteiger partial charge in [-0.15, -0.1) is 11.3 Å². The third-order valence-corrected chi connectivity index (χ3v) is 6.68. The van der Waals surface area contributed by atoms with Crippen LogP contribution in [0.1, 0.15) is 32.0 Å². The van der Waals surface area contributed by atoms with Crippen molar-refractivity contribution in [3.05, 3.63) is 62.6 Å². The molecule has 0 bridgehead atoms. The van der Waals surface area contributed by atoms with Crippen LogP contribution in [0.25, 0.3) is 0 Å². The molecule has 0 spiro atoms. The van der Waals surface area contributed by atoms with Gasteiger partial charge in [0.05, 0.1) is 40.4 Å². The maximum absolute atomic E-state index is 13.6. The molecule has 9 heteroatoms. The fraction of sp³-hybridized carbons (Fsp3) is 0.409. The first-order valence-electron chi connectivity index (χ1n) is 10.1. The number of halogens is 1. The van der Waals surface area contributed by atoms with Crippen LogP contribution < -0.4 is 0 Å². The number of aromatic nitrogens is 1. The average molecular weight is 446 g/mol. The zero-order chi connectivity index (χ0) is 22.1. The minimum atomic E-state index is -0.788. The van der Waals surface area contributed by atoms with Gasteiger partial charge in [-0.2, -0.15) is 0 Å². The Hall–Kier alpha value is -2.62. The molecular weight excluding hydrogens is 421 g/mol. The van der Waals surface area contributed by atoms with Gasteiger partial charge in [0.1, 0.15) is 5.82 Å². The van der Waals surface area contributed by atoms with E-state index in [1.165, 1.54) is 28.4 Å². The SMILES string of the molecule is Cc1nc(C)c(C(=O)C2=C(O)C(=O)N(CCN3CCOCC3)[C@H]2c2ccc(F)cc2)s1. The van der Waals surface area contributed by atoms with E-state index in [9.17, 15) is 19.1 Å². The highest BCUT2D eigenvalue weighted by Gasteiger charge is 2.44. The van der Waals surface area contributed by atoms with E-state index in [0.717, 1.165) is 18.1 Å². The Labute approximate surface area is 183 Å². The predicted octanol–water partition coefficient (Wildman–Crippen LogP) is 2.81. The highest BCUT2D eigenvalue weighted by Crippen LogP contribution is 2.40. The van der Waals surface area contributed by atoms with Crippen molar-refractivity contribution in [3.8, 4) is 0 Å². The first-order chi connectivity index (χ1) is 14.9. The number of aliphatic hydroxyl groups excluding tert-OH is 1. The normalized spacial score (nSPS) is 20.0. The van der Waals surface area contributed by atoms with Crippen molar-refractivity contribution in [1.29, 1.82) is 0 Å². The van der Waals surface area contributed by atoms with Crippen LogP contribution in [0.5, 0.6) is 0 Å². The van der Waals surface area contributed by atoms with Crippen molar-refractivity contribution in [2.75, 3.05) is 39.4 Å². The van der Waals surface area contributed by atoms with Crippen molar-refractivity contribution >= 4 is 23.0 Å². The molecule has 2 aromatic rings. The molecule has 1 N–H and O–H groups in total. The van der Waals surface area contributed by atoms with Gasteiger partial charge in [0.25, 0.3) is 5.91 Å². The topological polar surface area (TPSA) is 83.0 Å². The second kappa shape index (κ2) is 8.86. The van der Waals surface area contributed by atoms with Gasteiger partial charge in [0, 0.05) is 26.2 Å². The molecule has 0 radical (unpaired) electrons. The average Bonchev–Trinajstić information content (AvgIpc) is 3.23. The van der Waals surface area contributed by atoms with Gasteiger partial charge < -0.3 is 14.7 Å². The van der Waals surface area contributed by atoms with Crippen LogP contribution in [0.4, 0.5) is 4.39 Å². The number of benzene rings is 1. The lowest BCUT2D eigenvalue weighted by Gasteiger charge is -2.31. The minimum absolute atomic E-state index is 0.0188. The number of hydrogen-bond acceptors (Lipinski definition) is 7. The number of rotatable bonds is 6. The summed E-state index contributed by atoms with van der Waals surface area (Å²) in [6.45, 7) is 7.21. The van der Waals surface area contributed by atoms with Crippen molar-refractivity contribution in [3.63, 3.8) is 0 Å². The summed E-state index contributed by atoms with van der Waals surface area (Å²) in [7, 11) is 0. The highest BCUT2D eigenvalue weighted by molar-refractivity contribution is 7.14. The van der Waals surface area contributed by atoms with Gasteiger partial charge in [-0.05, 0) is 31.5 Å². The Morgan fingerprint density at radius 3 is 2.52 bits per heavy atom. The Morgan fingerprint density at radius 2 is 1.90 bits per heavy atom. The number of hydrogen-bond donors (Lipinski definition) is 1. The van der Waals surface area contributed by atoms with Crippen molar-refractivity contribution < 1.29 is 23.8 Å².